The van der Waals surface area contributed by atoms with Gasteiger partial charge in [-0.1, -0.05) is 20.8 Å². The van der Waals surface area contributed by atoms with Crippen molar-refractivity contribution in [1.29, 1.82) is 0 Å². The summed E-state index contributed by atoms with van der Waals surface area (Å²) in [5.74, 6) is 0.872. The van der Waals surface area contributed by atoms with Crippen molar-refractivity contribution in [1.82, 2.24) is 14.6 Å². The van der Waals surface area contributed by atoms with Crippen LogP contribution in [0.15, 0.2) is 18.5 Å². The average Bonchev–Trinajstić information content (AvgIpc) is 3.02. The number of rotatable bonds is 3. The molecule has 0 aromatic carbocycles. The smallest absolute Gasteiger partial charge is 0.152 e. The monoisotopic (exact) mass is 288 g/mol. The molecule has 1 unspecified atom stereocenters. The molecule has 114 valence electrons. The number of anilines is 1. The minimum absolute atomic E-state index is 0.0316. The molecular formula is C16H24N4O. The molecule has 0 radical (unpaired) electrons. The topological polar surface area (TPSA) is 51.5 Å². The van der Waals surface area contributed by atoms with E-state index in [1.807, 2.05) is 10.7 Å². The molecule has 1 fully saturated rings. The normalized spacial score (nSPS) is 22.9. The Kier molecular flexibility index (Phi) is 3.40. The number of nitrogens with zero attached hydrogens (tertiary/aromatic N) is 3. The lowest BCUT2D eigenvalue weighted by Crippen LogP contribution is -2.32. The zero-order valence-electron chi connectivity index (χ0n) is 13.3. The molecule has 0 aliphatic carbocycles. The van der Waals surface area contributed by atoms with Crippen molar-refractivity contribution in [3.8, 4) is 0 Å². The highest BCUT2D eigenvalue weighted by atomic mass is 16.5. The first-order chi connectivity index (χ1) is 9.87. The lowest BCUT2D eigenvalue weighted by molar-refractivity contribution is 0.0315. The van der Waals surface area contributed by atoms with E-state index in [-0.39, 0.29) is 11.0 Å². The average molecular weight is 288 g/mol. The van der Waals surface area contributed by atoms with E-state index in [9.17, 15) is 0 Å². The number of nitrogens with one attached hydrogen (secondary N) is 1. The lowest BCUT2D eigenvalue weighted by atomic mass is 9.92. The molecule has 0 saturated carbocycles. The van der Waals surface area contributed by atoms with Crippen molar-refractivity contribution in [2.75, 3.05) is 18.5 Å². The summed E-state index contributed by atoms with van der Waals surface area (Å²) in [7, 11) is 0. The van der Waals surface area contributed by atoms with Gasteiger partial charge in [-0.25, -0.2) is 9.50 Å². The summed E-state index contributed by atoms with van der Waals surface area (Å²) >= 11 is 0. The number of fused-ring (bicyclic) bond motifs is 1. The van der Waals surface area contributed by atoms with Gasteiger partial charge in [0.2, 0.25) is 0 Å². The number of ether oxygens (including phenoxy) is 1. The van der Waals surface area contributed by atoms with Gasteiger partial charge in [-0.05, 0) is 25.8 Å². The van der Waals surface area contributed by atoms with Crippen LogP contribution in [0.1, 0.15) is 46.2 Å². The van der Waals surface area contributed by atoms with E-state index in [0.717, 1.165) is 43.0 Å². The molecule has 0 bridgehead atoms. The van der Waals surface area contributed by atoms with Gasteiger partial charge in [0.1, 0.15) is 5.52 Å². The highest BCUT2D eigenvalue weighted by molar-refractivity contribution is 5.68. The second kappa shape index (κ2) is 4.98. The summed E-state index contributed by atoms with van der Waals surface area (Å²) in [6.45, 7) is 10.3. The third-order valence-electron chi connectivity index (χ3n) is 4.09. The van der Waals surface area contributed by atoms with E-state index in [4.69, 9.17) is 4.74 Å². The summed E-state index contributed by atoms with van der Waals surface area (Å²) in [6, 6.07) is 2.12. The second-order valence-electron chi connectivity index (χ2n) is 7.14. The Morgan fingerprint density at radius 1 is 1.43 bits per heavy atom. The van der Waals surface area contributed by atoms with Crippen LogP contribution in [0.5, 0.6) is 0 Å². The van der Waals surface area contributed by atoms with Crippen LogP contribution in [-0.2, 0) is 10.2 Å². The first-order valence-corrected chi connectivity index (χ1v) is 7.60. The van der Waals surface area contributed by atoms with Gasteiger partial charge in [0, 0.05) is 31.0 Å². The molecule has 1 aliphatic heterocycles. The predicted molar refractivity (Wildman–Crippen MR) is 83.8 cm³/mol. The summed E-state index contributed by atoms with van der Waals surface area (Å²) < 4.78 is 7.72. The summed E-state index contributed by atoms with van der Waals surface area (Å²) in [6.07, 6.45) is 5.91. The summed E-state index contributed by atoms with van der Waals surface area (Å²) in [5.41, 5.74) is 2.04. The number of aromatic nitrogens is 3. The van der Waals surface area contributed by atoms with Crippen LogP contribution in [0.2, 0.25) is 0 Å². The van der Waals surface area contributed by atoms with Gasteiger partial charge < -0.3 is 10.1 Å². The summed E-state index contributed by atoms with van der Waals surface area (Å²) in [5, 5.41) is 8.09. The third-order valence-corrected chi connectivity index (χ3v) is 4.09. The van der Waals surface area contributed by atoms with Crippen LogP contribution >= 0.6 is 0 Å². The van der Waals surface area contributed by atoms with Crippen LogP contribution in [-0.4, -0.2) is 33.4 Å². The molecular weight excluding hydrogens is 264 g/mol. The minimum Gasteiger partial charge on any atom is -0.373 e. The third kappa shape index (κ3) is 2.88. The Labute approximate surface area is 125 Å². The number of hydrogen-bond acceptors (Lipinski definition) is 4. The maximum Gasteiger partial charge on any atom is 0.152 e. The molecule has 1 N–H and O–H groups in total. The van der Waals surface area contributed by atoms with Gasteiger partial charge in [0.05, 0.1) is 11.3 Å². The predicted octanol–water partition coefficient (Wildman–Crippen LogP) is 3.01. The first-order valence-electron chi connectivity index (χ1n) is 7.60. The van der Waals surface area contributed by atoms with Crippen LogP contribution in [0, 0.1) is 0 Å². The van der Waals surface area contributed by atoms with Gasteiger partial charge in [-0.15, -0.1) is 0 Å². The zero-order valence-corrected chi connectivity index (χ0v) is 13.3. The molecule has 0 amide bonds. The molecule has 3 rings (SSSR count). The molecule has 2 aromatic heterocycles. The van der Waals surface area contributed by atoms with Crippen LogP contribution < -0.4 is 5.32 Å². The molecule has 3 heterocycles. The molecule has 1 aliphatic rings. The maximum absolute atomic E-state index is 5.82. The molecule has 5 heteroatoms. The molecule has 1 atom stereocenters. The molecule has 5 nitrogen and oxygen atoms in total. The van der Waals surface area contributed by atoms with E-state index in [1.54, 1.807) is 6.20 Å². The van der Waals surface area contributed by atoms with Crippen LogP contribution in [0.25, 0.3) is 5.52 Å². The van der Waals surface area contributed by atoms with Crippen molar-refractivity contribution in [2.24, 2.45) is 0 Å². The van der Waals surface area contributed by atoms with Gasteiger partial charge in [-0.3, -0.25) is 0 Å². The summed E-state index contributed by atoms with van der Waals surface area (Å²) in [4.78, 5) is 4.47. The van der Waals surface area contributed by atoms with Gasteiger partial charge in [0.15, 0.2) is 5.82 Å². The second-order valence-corrected chi connectivity index (χ2v) is 7.14. The van der Waals surface area contributed by atoms with Gasteiger partial charge in [0.25, 0.3) is 0 Å². The Hall–Kier alpha value is -1.62. The zero-order chi connectivity index (χ0) is 15.1. The Balaban J connectivity index is 1.86. The largest absolute Gasteiger partial charge is 0.373 e. The SMILES string of the molecule is CC1(CNc2nccn3nc(C(C)(C)C)cc23)CCCO1. The van der Waals surface area contributed by atoms with Crippen LogP contribution in [0.4, 0.5) is 5.82 Å². The Morgan fingerprint density at radius 3 is 2.90 bits per heavy atom. The van der Waals surface area contributed by atoms with Crippen molar-refractivity contribution in [3.05, 3.63) is 24.2 Å². The fraction of sp³-hybridized carbons (Fsp3) is 0.625. The van der Waals surface area contributed by atoms with E-state index >= 15 is 0 Å². The minimum atomic E-state index is -0.0820. The number of hydrogen-bond donors (Lipinski definition) is 1. The van der Waals surface area contributed by atoms with Crippen LogP contribution in [0.3, 0.4) is 0 Å². The molecule has 1 saturated heterocycles. The Bertz CT molecular complexity index is 635. The van der Waals surface area contributed by atoms with Crippen molar-refractivity contribution >= 4 is 11.3 Å². The quantitative estimate of drug-likeness (QED) is 0.943. The van der Waals surface area contributed by atoms with Gasteiger partial charge >= 0.3 is 0 Å². The van der Waals surface area contributed by atoms with E-state index < -0.39 is 0 Å². The lowest BCUT2D eigenvalue weighted by Gasteiger charge is -2.23. The fourth-order valence-corrected chi connectivity index (χ4v) is 2.67. The first kappa shape index (κ1) is 14.3. The fourth-order valence-electron chi connectivity index (χ4n) is 2.67. The van der Waals surface area contributed by atoms with E-state index in [1.165, 1.54) is 0 Å². The van der Waals surface area contributed by atoms with Crippen molar-refractivity contribution in [2.45, 2.75) is 51.6 Å². The highest BCUT2D eigenvalue weighted by Crippen LogP contribution is 2.27. The maximum atomic E-state index is 5.82. The van der Waals surface area contributed by atoms with E-state index in [2.05, 4.69) is 49.2 Å². The molecule has 21 heavy (non-hydrogen) atoms. The molecule has 2 aromatic rings. The highest BCUT2D eigenvalue weighted by Gasteiger charge is 2.29. The van der Waals surface area contributed by atoms with Crippen molar-refractivity contribution < 1.29 is 4.74 Å². The van der Waals surface area contributed by atoms with Crippen molar-refractivity contribution in [3.63, 3.8) is 0 Å². The standard InChI is InChI=1S/C16H24N4O/c1-15(2,3)13-10-12-14(17-7-8-20(12)19-13)18-11-16(4)6-5-9-21-16/h7-8,10H,5-6,9,11H2,1-4H3,(H,17,18). The Morgan fingerprint density at radius 2 is 2.24 bits per heavy atom. The van der Waals surface area contributed by atoms with E-state index in [0.29, 0.717) is 0 Å². The van der Waals surface area contributed by atoms with Gasteiger partial charge in [-0.2, -0.15) is 5.10 Å². The molecule has 0 spiro atoms.